The fraction of sp³-hybridized carbons (Fsp3) is 0.286. The average Bonchev–Trinajstić information content (AvgIpc) is 3.09. The van der Waals surface area contributed by atoms with Crippen LogP contribution in [-0.4, -0.2) is 32.5 Å². The van der Waals surface area contributed by atoms with Crippen LogP contribution in [0.15, 0.2) is 41.9 Å². The zero-order chi connectivity index (χ0) is 14.7. The summed E-state index contributed by atoms with van der Waals surface area (Å²) in [5.41, 5.74) is 1.91. The van der Waals surface area contributed by atoms with E-state index in [0.29, 0.717) is 18.8 Å². The van der Waals surface area contributed by atoms with Crippen LogP contribution in [0.5, 0.6) is 0 Å². The van der Waals surface area contributed by atoms with Gasteiger partial charge in [-0.15, -0.1) is 0 Å². The van der Waals surface area contributed by atoms with Crippen LogP contribution in [-0.2, 0) is 16.2 Å². The first-order valence-electron chi connectivity index (χ1n) is 6.63. The largest absolute Gasteiger partial charge is 0.382 e. The molecule has 0 aliphatic carbocycles. The van der Waals surface area contributed by atoms with E-state index < -0.39 is 6.10 Å². The van der Waals surface area contributed by atoms with Gasteiger partial charge in [-0.1, -0.05) is 5.16 Å². The van der Waals surface area contributed by atoms with Gasteiger partial charge in [0, 0.05) is 31.1 Å². The molecule has 1 aliphatic heterocycles. The minimum absolute atomic E-state index is 0.232. The lowest BCUT2D eigenvalue weighted by molar-refractivity contribution is -0.125. The highest BCUT2D eigenvalue weighted by atomic mass is 16.6. The van der Waals surface area contributed by atoms with Crippen LogP contribution >= 0.6 is 0 Å². The van der Waals surface area contributed by atoms with E-state index in [9.17, 15) is 4.79 Å². The monoisotopic (exact) mass is 285 g/mol. The number of nitrogens with one attached hydrogen (secondary N) is 1. The summed E-state index contributed by atoms with van der Waals surface area (Å²) in [7, 11) is 0. The van der Waals surface area contributed by atoms with Gasteiger partial charge in [0.15, 0.2) is 5.82 Å². The summed E-state index contributed by atoms with van der Waals surface area (Å²) in [4.78, 5) is 21.0. The topological polar surface area (TPSA) is 81.4 Å². The number of amides is 1. The molecule has 0 spiro atoms. The zero-order valence-corrected chi connectivity index (χ0v) is 11.6. The molecule has 21 heavy (non-hydrogen) atoms. The van der Waals surface area contributed by atoms with Crippen LogP contribution in [0.1, 0.15) is 18.9 Å². The van der Waals surface area contributed by atoms with Crippen molar-refractivity contribution in [3.05, 3.63) is 42.4 Å². The molecule has 2 aromatic rings. The Hall–Kier alpha value is -2.70. The molecule has 3 rings (SSSR count). The third-order valence-corrected chi connectivity index (χ3v) is 3.09. The van der Waals surface area contributed by atoms with Crippen molar-refractivity contribution in [2.75, 3.05) is 5.32 Å². The molecule has 0 saturated carbocycles. The number of carbonyl (C=O) groups is 1. The van der Waals surface area contributed by atoms with Crippen LogP contribution < -0.4 is 5.32 Å². The summed E-state index contributed by atoms with van der Waals surface area (Å²) in [5.74, 6) is 0.270. The molecule has 0 fully saturated rings. The van der Waals surface area contributed by atoms with E-state index in [1.165, 1.54) is 0 Å². The number of pyridine rings is 1. The number of aromatic nitrogens is 3. The third-order valence-electron chi connectivity index (χ3n) is 3.09. The van der Waals surface area contributed by atoms with Gasteiger partial charge in [0.2, 0.25) is 6.10 Å². The Bertz CT molecular complexity index is 665. The van der Waals surface area contributed by atoms with Crippen molar-refractivity contribution >= 4 is 17.4 Å². The predicted molar refractivity (Wildman–Crippen MR) is 76.8 cm³/mol. The smallest absolute Gasteiger partial charge is 0.269 e. The Kier molecular flexibility index (Phi) is 3.63. The first kappa shape index (κ1) is 13.3. The Morgan fingerprint density at radius 2 is 2.24 bits per heavy atom. The number of rotatable bonds is 4. The van der Waals surface area contributed by atoms with Gasteiger partial charge in [-0.05, 0) is 24.6 Å². The van der Waals surface area contributed by atoms with Gasteiger partial charge in [0.05, 0.1) is 12.3 Å². The summed E-state index contributed by atoms with van der Waals surface area (Å²) in [6.45, 7) is 2.46. The van der Waals surface area contributed by atoms with E-state index in [1.54, 1.807) is 23.1 Å². The van der Waals surface area contributed by atoms with Gasteiger partial charge in [-0.3, -0.25) is 14.5 Å². The van der Waals surface area contributed by atoms with Crippen molar-refractivity contribution in [3.63, 3.8) is 0 Å². The highest BCUT2D eigenvalue weighted by Gasteiger charge is 2.26. The number of nitrogens with zero attached hydrogens (tertiary/aromatic N) is 4. The van der Waals surface area contributed by atoms with Crippen LogP contribution in [0, 0.1) is 0 Å². The Balaban J connectivity index is 1.59. The number of anilines is 1. The quantitative estimate of drug-likeness (QED) is 0.921. The van der Waals surface area contributed by atoms with Crippen molar-refractivity contribution < 1.29 is 9.63 Å². The number of hydrogen-bond acceptors (Lipinski definition) is 5. The first-order valence-corrected chi connectivity index (χ1v) is 6.63. The number of oxime groups is 1. The standard InChI is InChI=1S/C14H15N5O2/c1-10-8-12(21-18-10)14(20)16-13-4-7-19(17-13)9-11-2-5-15-6-3-11/h2-7,12H,8-9H2,1H3,(H,16,17,20). The van der Waals surface area contributed by atoms with E-state index >= 15 is 0 Å². The fourth-order valence-electron chi connectivity index (χ4n) is 2.04. The second kappa shape index (κ2) is 5.74. The number of carbonyl (C=O) groups excluding carboxylic acids is 1. The molecule has 1 N–H and O–H groups in total. The SMILES string of the molecule is CC1=NOC(C(=O)Nc2ccn(Cc3ccncc3)n2)C1. The molecule has 3 heterocycles. The Morgan fingerprint density at radius 1 is 1.43 bits per heavy atom. The van der Waals surface area contributed by atoms with Gasteiger partial charge in [0.25, 0.3) is 5.91 Å². The van der Waals surface area contributed by atoms with Gasteiger partial charge in [-0.25, -0.2) is 0 Å². The highest BCUT2D eigenvalue weighted by Crippen LogP contribution is 2.13. The second-order valence-electron chi connectivity index (χ2n) is 4.87. The van der Waals surface area contributed by atoms with Crippen molar-refractivity contribution in [2.24, 2.45) is 5.16 Å². The molecule has 108 valence electrons. The molecule has 1 unspecified atom stereocenters. The lowest BCUT2D eigenvalue weighted by atomic mass is 10.2. The maximum atomic E-state index is 12.0. The lowest BCUT2D eigenvalue weighted by Gasteiger charge is -2.07. The van der Waals surface area contributed by atoms with Crippen LogP contribution in [0.2, 0.25) is 0 Å². The molecule has 2 aromatic heterocycles. The summed E-state index contributed by atoms with van der Waals surface area (Å²) < 4.78 is 1.75. The summed E-state index contributed by atoms with van der Waals surface area (Å²) >= 11 is 0. The maximum absolute atomic E-state index is 12.0. The van der Waals surface area contributed by atoms with E-state index in [0.717, 1.165) is 11.3 Å². The minimum Gasteiger partial charge on any atom is -0.382 e. The Labute approximate surface area is 121 Å². The fourth-order valence-corrected chi connectivity index (χ4v) is 2.04. The summed E-state index contributed by atoms with van der Waals surface area (Å²) in [5, 5.41) is 10.8. The molecule has 7 nitrogen and oxygen atoms in total. The highest BCUT2D eigenvalue weighted by molar-refractivity contribution is 5.98. The molecule has 1 amide bonds. The van der Waals surface area contributed by atoms with Gasteiger partial charge < -0.3 is 10.2 Å². The number of hydrogen-bond donors (Lipinski definition) is 1. The molecule has 7 heteroatoms. The van der Waals surface area contributed by atoms with E-state index in [1.807, 2.05) is 25.3 Å². The van der Waals surface area contributed by atoms with Crippen molar-refractivity contribution in [1.82, 2.24) is 14.8 Å². The van der Waals surface area contributed by atoms with Crippen LogP contribution in [0.25, 0.3) is 0 Å². The maximum Gasteiger partial charge on any atom is 0.269 e. The predicted octanol–water partition coefficient (Wildman–Crippen LogP) is 1.43. The summed E-state index contributed by atoms with van der Waals surface area (Å²) in [6, 6.07) is 5.60. The second-order valence-corrected chi connectivity index (χ2v) is 4.87. The van der Waals surface area contributed by atoms with E-state index in [4.69, 9.17) is 4.84 Å². The molecular formula is C14H15N5O2. The first-order chi connectivity index (χ1) is 10.2. The zero-order valence-electron chi connectivity index (χ0n) is 11.6. The van der Waals surface area contributed by atoms with Crippen LogP contribution in [0.4, 0.5) is 5.82 Å². The molecule has 0 bridgehead atoms. The van der Waals surface area contributed by atoms with Gasteiger partial charge in [-0.2, -0.15) is 5.10 Å². The molecular weight excluding hydrogens is 270 g/mol. The molecule has 0 radical (unpaired) electrons. The molecule has 0 aromatic carbocycles. The van der Waals surface area contributed by atoms with Crippen molar-refractivity contribution in [2.45, 2.75) is 26.0 Å². The lowest BCUT2D eigenvalue weighted by Crippen LogP contribution is -2.27. The van der Waals surface area contributed by atoms with Gasteiger partial charge in [0.1, 0.15) is 0 Å². The van der Waals surface area contributed by atoms with Crippen molar-refractivity contribution in [1.29, 1.82) is 0 Å². The normalized spacial score (nSPS) is 17.2. The summed E-state index contributed by atoms with van der Waals surface area (Å²) in [6.07, 6.45) is 5.25. The molecule has 1 atom stereocenters. The van der Waals surface area contributed by atoms with E-state index in [-0.39, 0.29) is 5.91 Å². The minimum atomic E-state index is -0.560. The average molecular weight is 285 g/mol. The van der Waals surface area contributed by atoms with Gasteiger partial charge >= 0.3 is 0 Å². The third kappa shape index (κ3) is 3.25. The van der Waals surface area contributed by atoms with Crippen molar-refractivity contribution in [3.8, 4) is 0 Å². The van der Waals surface area contributed by atoms with E-state index in [2.05, 4.69) is 20.6 Å². The Morgan fingerprint density at radius 3 is 2.95 bits per heavy atom. The van der Waals surface area contributed by atoms with Crippen LogP contribution in [0.3, 0.4) is 0 Å². The molecule has 0 saturated heterocycles. The molecule has 1 aliphatic rings.